The van der Waals surface area contributed by atoms with E-state index in [2.05, 4.69) is 27.5 Å². The maximum Gasteiger partial charge on any atom is 0.133 e. The van der Waals surface area contributed by atoms with Gasteiger partial charge in [-0.25, -0.2) is 4.98 Å². The molecule has 0 aliphatic heterocycles. The van der Waals surface area contributed by atoms with Gasteiger partial charge in [0.05, 0.1) is 0 Å². The molecule has 19 heavy (non-hydrogen) atoms. The van der Waals surface area contributed by atoms with Crippen molar-refractivity contribution in [3.05, 3.63) is 54.5 Å². The Hall–Kier alpha value is -2.36. The highest BCUT2D eigenvalue weighted by Crippen LogP contribution is 2.20. The van der Waals surface area contributed by atoms with E-state index in [1.54, 1.807) is 0 Å². The van der Waals surface area contributed by atoms with Gasteiger partial charge >= 0.3 is 0 Å². The van der Waals surface area contributed by atoms with Crippen LogP contribution >= 0.6 is 0 Å². The molecule has 1 N–H and O–H groups in total. The fourth-order valence-corrected chi connectivity index (χ4v) is 2.22. The summed E-state index contributed by atoms with van der Waals surface area (Å²) in [6.07, 6.45) is 4.60. The Bertz CT molecular complexity index is 682. The predicted molar refractivity (Wildman–Crippen MR) is 77.1 cm³/mol. The van der Waals surface area contributed by atoms with Crippen LogP contribution in [0.2, 0.25) is 0 Å². The topological polar surface area (TPSA) is 42.7 Å². The van der Waals surface area contributed by atoms with Gasteiger partial charge in [-0.3, -0.25) is 4.68 Å². The van der Waals surface area contributed by atoms with Crippen LogP contribution in [0.1, 0.15) is 5.69 Å². The van der Waals surface area contributed by atoms with Gasteiger partial charge in [-0.1, -0.05) is 24.3 Å². The second-order valence-electron chi connectivity index (χ2n) is 4.50. The van der Waals surface area contributed by atoms with E-state index in [4.69, 9.17) is 0 Å². The fraction of sp³-hybridized carbons (Fsp3) is 0.200. The van der Waals surface area contributed by atoms with Crippen LogP contribution in [0.4, 0.5) is 5.82 Å². The standard InChI is InChI=1S/C15H16N4/c1-19-13(8-11-18-19)7-10-17-15-14-5-3-2-4-12(14)6-9-16-15/h2-6,8-9,11H,7,10H2,1H3,(H,16,17). The highest BCUT2D eigenvalue weighted by atomic mass is 15.3. The van der Waals surface area contributed by atoms with Crippen LogP contribution in [-0.4, -0.2) is 21.3 Å². The van der Waals surface area contributed by atoms with Crippen LogP contribution in [-0.2, 0) is 13.5 Å². The molecular formula is C15H16N4. The number of hydrogen-bond donors (Lipinski definition) is 1. The van der Waals surface area contributed by atoms with Crippen molar-refractivity contribution in [2.75, 3.05) is 11.9 Å². The monoisotopic (exact) mass is 252 g/mol. The van der Waals surface area contributed by atoms with Gasteiger partial charge in [0, 0.05) is 43.5 Å². The number of aryl methyl sites for hydroxylation is 1. The molecule has 0 amide bonds. The average molecular weight is 252 g/mol. The lowest BCUT2D eigenvalue weighted by molar-refractivity contribution is 0.711. The summed E-state index contributed by atoms with van der Waals surface area (Å²) in [6, 6.07) is 12.3. The van der Waals surface area contributed by atoms with Crippen molar-refractivity contribution in [2.45, 2.75) is 6.42 Å². The van der Waals surface area contributed by atoms with E-state index in [-0.39, 0.29) is 0 Å². The number of rotatable bonds is 4. The molecule has 0 radical (unpaired) electrons. The molecule has 0 spiro atoms. The first-order chi connectivity index (χ1) is 9.34. The van der Waals surface area contributed by atoms with Gasteiger partial charge in [0.1, 0.15) is 5.82 Å². The van der Waals surface area contributed by atoms with E-state index in [1.165, 1.54) is 11.1 Å². The van der Waals surface area contributed by atoms with Crippen molar-refractivity contribution in [3.63, 3.8) is 0 Å². The van der Waals surface area contributed by atoms with E-state index >= 15 is 0 Å². The summed E-state index contributed by atoms with van der Waals surface area (Å²) in [5, 5.41) is 9.94. The summed E-state index contributed by atoms with van der Waals surface area (Å²) in [4.78, 5) is 4.41. The minimum atomic E-state index is 0.848. The zero-order chi connectivity index (χ0) is 13.1. The number of nitrogens with one attached hydrogen (secondary N) is 1. The Labute approximate surface area is 112 Å². The van der Waals surface area contributed by atoms with Crippen molar-refractivity contribution in [1.29, 1.82) is 0 Å². The molecular weight excluding hydrogens is 236 g/mol. The molecule has 2 aromatic heterocycles. The molecule has 0 bridgehead atoms. The van der Waals surface area contributed by atoms with E-state index in [0.717, 1.165) is 24.2 Å². The third-order valence-corrected chi connectivity index (χ3v) is 3.27. The maximum absolute atomic E-state index is 4.41. The normalized spacial score (nSPS) is 10.8. The molecule has 2 heterocycles. The number of anilines is 1. The second kappa shape index (κ2) is 5.10. The minimum absolute atomic E-state index is 0.848. The zero-order valence-corrected chi connectivity index (χ0v) is 10.9. The number of hydrogen-bond acceptors (Lipinski definition) is 3. The highest BCUT2D eigenvalue weighted by Gasteiger charge is 2.02. The summed E-state index contributed by atoms with van der Waals surface area (Å²) in [5.41, 5.74) is 1.22. The van der Waals surface area contributed by atoms with Gasteiger partial charge in [0.25, 0.3) is 0 Å². The number of pyridine rings is 1. The van der Waals surface area contributed by atoms with Crippen LogP contribution in [0, 0.1) is 0 Å². The zero-order valence-electron chi connectivity index (χ0n) is 10.9. The Morgan fingerprint density at radius 2 is 2.00 bits per heavy atom. The molecule has 3 aromatic rings. The molecule has 0 saturated carbocycles. The highest BCUT2D eigenvalue weighted by molar-refractivity contribution is 5.91. The minimum Gasteiger partial charge on any atom is -0.369 e. The molecule has 0 aliphatic rings. The van der Waals surface area contributed by atoms with Gasteiger partial charge in [0.2, 0.25) is 0 Å². The van der Waals surface area contributed by atoms with E-state index in [0.29, 0.717) is 0 Å². The lowest BCUT2D eigenvalue weighted by atomic mass is 10.1. The summed E-state index contributed by atoms with van der Waals surface area (Å²) in [5.74, 6) is 0.945. The first-order valence-electron chi connectivity index (χ1n) is 6.39. The number of aromatic nitrogens is 3. The average Bonchev–Trinajstić information content (AvgIpc) is 2.85. The third-order valence-electron chi connectivity index (χ3n) is 3.27. The molecule has 0 unspecified atom stereocenters. The molecule has 96 valence electrons. The molecule has 0 atom stereocenters. The fourth-order valence-electron chi connectivity index (χ4n) is 2.22. The van der Waals surface area contributed by atoms with Crippen LogP contribution in [0.5, 0.6) is 0 Å². The van der Waals surface area contributed by atoms with E-state index in [9.17, 15) is 0 Å². The number of benzene rings is 1. The molecule has 3 rings (SSSR count). The molecule has 1 aromatic carbocycles. The van der Waals surface area contributed by atoms with Gasteiger partial charge in [0.15, 0.2) is 0 Å². The van der Waals surface area contributed by atoms with E-state index < -0.39 is 0 Å². The van der Waals surface area contributed by atoms with Crippen molar-refractivity contribution < 1.29 is 0 Å². The van der Waals surface area contributed by atoms with Gasteiger partial charge < -0.3 is 5.32 Å². The number of fused-ring (bicyclic) bond motifs is 1. The maximum atomic E-state index is 4.41. The third kappa shape index (κ3) is 2.42. The Kier molecular flexibility index (Phi) is 3.14. The second-order valence-corrected chi connectivity index (χ2v) is 4.50. The molecule has 0 saturated heterocycles. The van der Waals surface area contributed by atoms with Crippen molar-refractivity contribution in [3.8, 4) is 0 Å². The lowest BCUT2D eigenvalue weighted by Gasteiger charge is -2.08. The summed E-state index contributed by atoms with van der Waals surface area (Å²) in [6.45, 7) is 0.848. The van der Waals surface area contributed by atoms with Crippen molar-refractivity contribution in [2.24, 2.45) is 7.05 Å². The summed E-state index contributed by atoms with van der Waals surface area (Å²) in [7, 11) is 1.96. The largest absolute Gasteiger partial charge is 0.369 e. The van der Waals surface area contributed by atoms with Gasteiger partial charge in [-0.2, -0.15) is 5.10 Å². The quantitative estimate of drug-likeness (QED) is 0.776. The molecule has 4 heteroatoms. The first-order valence-corrected chi connectivity index (χ1v) is 6.39. The van der Waals surface area contributed by atoms with E-state index in [1.807, 2.05) is 48.4 Å². The predicted octanol–water partition coefficient (Wildman–Crippen LogP) is 2.62. The van der Waals surface area contributed by atoms with Gasteiger partial charge in [-0.15, -0.1) is 0 Å². The molecule has 0 fully saturated rings. The lowest BCUT2D eigenvalue weighted by Crippen LogP contribution is -2.09. The Morgan fingerprint density at radius 1 is 1.11 bits per heavy atom. The van der Waals surface area contributed by atoms with Crippen LogP contribution in [0.3, 0.4) is 0 Å². The van der Waals surface area contributed by atoms with Crippen LogP contribution < -0.4 is 5.32 Å². The Balaban J connectivity index is 1.74. The SMILES string of the molecule is Cn1nccc1CCNc1nccc2ccccc12. The molecule has 4 nitrogen and oxygen atoms in total. The molecule has 0 aliphatic carbocycles. The van der Waals surface area contributed by atoms with Crippen molar-refractivity contribution >= 4 is 16.6 Å². The first kappa shape index (κ1) is 11.7. The Morgan fingerprint density at radius 3 is 2.84 bits per heavy atom. The summed E-state index contributed by atoms with van der Waals surface area (Å²) < 4.78 is 1.90. The van der Waals surface area contributed by atoms with Crippen LogP contribution in [0.15, 0.2) is 48.8 Å². The number of nitrogens with zero attached hydrogens (tertiary/aromatic N) is 3. The smallest absolute Gasteiger partial charge is 0.133 e. The van der Waals surface area contributed by atoms with Crippen LogP contribution in [0.25, 0.3) is 10.8 Å². The van der Waals surface area contributed by atoms with Gasteiger partial charge in [-0.05, 0) is 17.5 Å². The summed E-state index contributed by atoms with van der Waals surface area (Å²) >= 11 is 0. The van der Waals surface area contributed by atoms with Crippen molar-refractivity contribution in [1.82, 2.24) is 14.8 Å².